The van der Waals surface area contributed by atoms with Gasteiger partial charge in [0, 0.05) is 25.0 Å². The minimum atomic E-state index is 0.266. The second kappa shape index (κ2) is 6.95. The van der Waals surface area contributed by atoms with Crippen molar-refractivity contribution in [3.05, 3.63) is 34.9 Å². The van der Waals surface area contributed by atoms with Crippen LogP contribution in [0.5, 0.6) is 0 Å². The summed E-state index contributed by atoms with van der Waals surface area (Å²) in [7, 11) is 1.89. The molecule has 0 unspecified atom stereocenters. The molecule has 19 heavy (non-hydrogen) atoms. The molecule has 1 aromatic rings. The molecule has 0 heterocycles. The maximum Gasteiger partial charge on any atom is 0.222 e. The zero-order valence-corrected chi connectivity index (χ0v) is 12.3. The van der Waals surface area contributed by atoms with Gasteiger partial charge in [-0.3, -0.25) is 4.79 Å². The van der Waals surface area contributed by atoms with Crippen molar-refractivity contribution in [3.8, 4) is 0 Å². The van der Waals surface area contributed by atoms with Crippen molar-refractivity contribution in [2.45, 2.75) is 45.1 Å². The van der Waals surface area contributed by atoms with Crippen LogP contribution in [0.2, 0.25) is 5.02 Å². The second-order valence-corrected chi connectivity index (χ2v) is 6.02. The Labute approximate surface area is 120 Å². The average Bonchev–Trinajstić information content (AvgIpc) is 2.42. The van der Waals surface area contributed by atoms with Crippen molar-refractivity contribution in [1.82, 2.24) is 4.90 Å². The van der Waals surface area contributed by atoms with E-state index in [1.807, 2.05) is 36.2 Å². The summed E-state index contributed by atoms with van der Waals surface area (Å²) in [5.74, 6) is 0.871. The molecule has 0 saturated heterocycles. The van der Waals surface area contributed by atoms with E-state index < -0.39 is 0 Å². The van der Waals surface area contributed by atoms with Gasteiger partial charge >= 0.3 is 0 Å². The molecule has 1 aliphatic rings. The lowest BCUT2D eigenvalue weighted by atomic mass is 9.86. The number of amides is 1. The summed E-state index contributed by atoms with van der Waals surface area (Å²) in [5, 5.41) is 0.736. The zero-order valence-electron chi connectivity index (χ0n) is 11.6. The Bertz CT molecular complexity index is 409. The van der Waals surface area contributed by atoms with Crippen LogP contribution in [0.3, 0.4) is 0 Å². The number of carbonyl (C=O) groups excluding carboxylic acids is 1. The molecule has 2 nitrogen and oxygen atoms in total. The molecule has 1 amide bonds. The first-order valence-electron chi connectivity index (χ1n) is 7.13. The number of halogens is 1. The standard InChI is InChI=1S/C16H22ClNO/c1-18(12-14-7-9-15(17)10-8-14)16(19)11-13-5-3-2-4-6-13/h7-10,13H,2-6,11-12H2,1H3. The van der Waals surface area contributed by atoms with Crippen molar-refractivity contribution in [2.24, 2.45) is 5.92 Å². The van der Waals surface area contributed by atoms with Gasteiger partial charge in [-0.1, -0.05) is 43.0 Å². The Kier molecular flexibility index (Phi) is 5.26. The van der Waals surface area contributed by atoms with Crippen LogP contribution < -0.4 is 0 Å². The molecular formula is C16H22ClNO. The molecule has 3 heteroatoms. The molecule has 0 bridgehead atoms. The van der Waals surface area contributed by atoms with Crippen LogP contribution in [-0.2, 0) is 11.3 Å². The number of hydrogen-bond acceptors (Lipinski definition) is 1. The predicted molar refractivity (Wildman–Crippen MR) is 79.1 cm³/mol. The first kappa shape index (κ1) is 14.4. The van der Waals surface area contributed by atoms with E-state index in [2.05, 4.69) is 0 Å². The lowest BCUT2D eigenvalue weighted by Crippen LogP contribution is -2.28. The molecular weight excluding hydrogens is 258 g/mol. The Balaban J connectivity index is 1.83. The normalized spacial score (nSPS) is 16.3. The highest BCUT2D eigenvalue weighted by Crippen LogP contribution is 2.26. The third-order valence-electron chi connectivity index (χ3n) is 3.95. The number of benzene rings is 1. The quantitative estimate of drug-likeness (QED) is 0.806. The van der Waals surface area contributed by atoms with Gasteiger partial charge in [0.25, 0.3) is 0 Å². The smallest absolute Gasteiger partial charge is 0.222 e. The van der Waals surface area contributed by atoms with Crippen LogP contribution in [0, 0.1) is 5.92 Å². The molecule has 1 aromatic carbocycles. The van der Waals surface area contributed by atoms with E-state index >= 15 is 0 Å². The van der Waals surface area contributed by atoms with Gasteiger partial charge in [-0.25, -0.2) is 0 Å². The summed E-state index contributed by atoms with van der Waals surface area (Å²) in [6.45, 7) is 0.669. The zero-order chi connectivity index (χ0) is 13.7. The molecule has 0 aromatic heterocycles. The summed E-state index contributed by atoms with van der Waals surface area (Å²) in [6.07, 6.45) is 7.08. The third kappa shape index (κ3) is 4.54. The fraction of sp³-hybridized carbons (Fsp3) is 0.562. The Hall–Kier alpha value is -1.02. The Morgan fingerprint density at radius 2 is 1.84 bits per heavy atom. The van der Waals surface area contributed by atoms with Gasteiger partial charge in [0.1, 0.15) is 0 Å². The number of rotatable bonds is 4. The molecule has 0 aliphatic heterocycles. The molecule has 0 radical (unpaired) electrons. The van der Waals surface area contributed by atoms with Crippen molar-refractivity contribution >= 4 is 17.5 Å². The predicted octanol–water partition coefficient (Wildman–Crippen LogP) is 4.27. The molecule has 1 aliphatic carbocycles. The van der Waals surface area contributed by atoms with Crippen LogP contribution in [0.4, 0.5) is 0 Å². The largest absolute Gasteiger partial charge is 0.341 e. The Morgan fingerprint density at radius 1 is 1.21 bits per heavy atom. The van der Waals surface area contributed by atoms with Crippen LogP contribution in [-0.4, -0.2) is 17.9 Å². The lowest BCUT2D eigenvalue weighted by molar-refractivity contribution is -0.131. The van der Waals surface area contributed by atoms with Gasteiger partial charge in [-0.2, -0.15) is 0 Å². The van der Waals surface area contributed by atoms with E-state index in [9.17, 15) is 4.79 Å². The van der Waals surface area contributed by atoms with E-state index in [1.165, 1.54) is 32.1 Å². The Morgan fingerprint density at radius 3 is 2.47 bits per heavy atom. The fourth-order valence-corrected chi connectivity index (χ4v) is 2.87. The van der Waals surface area contributed by atoms with Gasteiger partial charge in [0.15, 0.2) is 0 Å². The molecule has 2 rings (SSSR count). The topological polar surface area (TPSA) is 20.3 Å². The van der Waals surface area contributed by atoms with E-state index in [1.54, 1.807) is 0 Å². The number of nitrogens with zero attached hydrogens (tertiary/aromatic N) is 1. The molecule has 1 saturated carbocycles. The molecule has 0 atom stereocenters. The van der Waals surface area contributed by atoms with Gasteiger partial charge in [0.2, 0.25) is 5.91 Å². The van der Waals surface area contributed by atoms with Crippen molar-refractivity contribution in [1.29, 1.82) is 0 Å². The van der Waals surface area contributed by atoms with Crippen LogP contribution in [0.25, 0.3) is 0 Å². The minimum Gasteiger partial charge on any atom is -0.341 e. The summed E-state index contributed by atoms with van der Waals surface area (Å²) >= 11 is 5.86. The summed E-state index contributed by atoms with van der Waals surface area (Å²) in [5.41, 5.74) is 1.13. The number of carbonyl (C=O) groups is 1. The maximum atomic E-state index is 12.2. The second-order valence-electron chi connectivity index (χ2n) is 5.58. The highest BCUT2D eigenvalue weighted by atomic mass is 35.5. The fourth-order valence-electron chi connectivity index (χ4n) is 2.75. The number of hydrogen-bond donors (Lipinski definition) is 0. The van der Waals surface area contributed by atoms with Gasteiger partial charge < -0.3 is 4.90 Å². The minimum absolute atomic E-state index is 0.266. The molecule has 0 spiro atoms. The molecule has 104 valence electrons. The van der Waals surface area contributed by atoms with E-state index in [4.69, 9.17) is 11.6 Å². The van der Waals surface area contributed by atoms with Gasteiger partial charge in [0.05, 0.1) is 0 Å². The summed E-state index contributed by atoms with van der Waals surface area (Å²) in [6, 6.07) is 7.70. The van der Waals surface area contributed by atoms with Crippen molar-refractivity contribution in [3.63, 3.8) is 0 Å². The first-order chi connectivity index (χ1) is 9.15. The summed E-state index contributed by atoms with van der Waals surface area (Å²) < 4.78 is 0. The lowest BCUT2D eigenvalue weighted by Gasteiger charge is -2.24. The molecule has 0 N–H and O–H groups in total. The highest BCUT2D eigenvalue weighted by molar-refractivity contribution is 6.30. The van der Waals surface area contributed by atoms with Crippen LogP contribution in [0.15, 0.2) is 24.3 Å². The van der Waals surface area contributed by atoms with Crippen molar-refractivity contribution < 1.29 is 4.79 Å². The maximum absolute atomic E-state index is 12.2. The van der Waals surface area contributed by atoms with E-state index in [0.29, 0.717) is 18.9 Å². The summed E-state index contributed by atoms with van der Waals surface area (Å²) in [4.78, 5) is 14.0. The van der Waals surface area contributed by atoms with Crippen molar-refractivity contribution in [2.75, 3.05) is 7.05 Å². The highest BCUT2D eigenvalue weighted by Gasteiger charge is 2.19. The average molecular weight is 280 g/mol. The van der Waals surface area contributed by atoms with E-state index in [-0.39, 0.29) is 5.91 Å². The first-order valence-corrected chi connectivity index (χ1v) is 7.51. The van der Waals surface area contributed by atoms with Crippen LogP contribution >= 0.6 is 11.6 Å². The SMILES string of the molecule is CN(Cc1ccc(Cl)cc1)C(=O)CC1CCCCC1. The van der Waals surface area contributed by atoms with E-state index in [0.717, 1.165) is 10.6 Å². The van der Waals surface area contributed by atoms with Gasteiger partial charge in [-0.15, -0.1) is 0 Å². The van der Waals surface area contributed by atoms with Crippen LogP contribution in [0.1, 0.15) is 44.1 Å². The third-order valence-corrected chi connectivity index (χ3v) is 4.20. The van der Waals surface area contributed by atoms with Gasteiger partial charge in [-0.05, 0) is 36.5 Å². The molecule has 1 fully saturated rings. The monoisotopic (exact) mass is 279 g/mol.